The summed E-state index contributed by atoms with van der Waals surface area (Å²) in [5.41, 5.74) is 0. The van der Waals surface area contributed by atoms with Crippen molar-refractivity contribution >= 4 is 18.5 Å². The molecule has 0 bridgehead atoms. The molecule has 1 aliphatic rings. The molecule has 1 rings (SSSR count). The number of carbonyl (C=O) groups excluding carboxylic acids is 1. The highest BCUT2D eigenvalue weighted by Gasteiger charge is 2.23. The summed E-state index contributed by atoms with van der Waals surface area (Å²) in [5, 5.41) is 0. The summed E-state index contributed by atoms with van der Waals surface area (Å²) in [7, 11) is 0. The monoisotopic (exact) mass is 335 g/mol. The van der Waals surface area contributed by atoms with Crippen molar-refractivity contribution in [2.75, 3.05) is 39.3 Å². The lowest BCUT2D eigenvalue weighted by Crippen LogP contribution is -2.51. The second kappa shape index (κ2) is 10.3. The maximum absolute atomic E-state index is 11.8. The Morgan fingerprint density at radius 3 is 1.91 bits per heavy atom. The third-order valence-corrected chi connectivity index (χ3v) is 3.97. The molecule has 1 aliphatic heterocycles. The molecule has 22 heavy (non-hydrogen) atoms. The van der Waals surface area contributed by atoms with Crippen LogP contribution in [0.15, 0.2) is 0 Å². The van der Waals surface area contributed by atoms with Gasteiger partial charge in [-0.15, -0.1) is 12.4 Å². The number of nitrogens with zero attached hydrogens (tertiary/aromatic N) is 3. The first-order valence-electron chi connectivity index (χ1n) is 8.25. The van der Waals surface area contributed by atoms with Gasteiger partial charge in [-0.1, -0.05) is 0 Å². The number of hydrogen-bond donors (Lipinski definition) is 0. The number of piperazine rings is 1. The fraction of sp³-hybridized carbons (Fsp3) is 0.938. The van der Waals surface area contributed by atoms with Crippen molar-refractivity contribution in [3.05, 3.63) is 0 Å². The highest BCUT2D eigenvalue weighted by molar-refractivity contribution is 5.85. The van der Waals surface area contributed by atoms with Gasteiger partial charge in [-0.2, -0.15) is 0 Å². The minimum absolute atomic E-state index is 0. The van der Waals surface area contributed by atoms with Gasteiger partial charge >= 0.3 is 6.09 Å². The van der Waals surface area contributed by atoms with E-state index in [1.165, 1.54) is 0 Å². The molecule has 0 aromatic rings. The van der Waals surface area contributed by atoms with Crippen molar-refractivity contribution in [1.82, 2.24) is 14.7 Å². The summed E-state index contributed by atoms with van der Waals surface area (Å²) in [6, 6.07) is 1.15. The second-order valence-electron chi connectivity index (χ2n) is 6.69. The lowest BCUT2D eigenvalue weighted by molar-refractivity contribution is 0.0531. The van der Waals surface area contributed by atoms with Gasteiger partial charge in [0, 0.05) is 51.4 Å². The van der Waals surface area contributed by atoms with E-state index in [-0.39, 0.29) is 24.6 Å². The molecule has 0 aromatic carbocycles. The van der Waals surface area contributed by atoms with E-state index in [4.69, 9.17) is 4.74 Å². The van der Waals surface area contributed by atoms with Crippen LogP contribution in [0, 0.1) is 0 Å². The predicted octanol–water partition coefficient (Wildman–Crippen LogP) is 2.69. The summed E-state index contributed by atoms with van der Waals surface area (Å²) in [6.45, 7) is 18.4. The number of halogens is 1. The largest absolute Gasteiger partial charge is 0.447 e. The number of carbonyl (C=O) groups is 1. The molecule has 0 unspecified atom stereocenters. The Morgan fingerprint density at radius 2 is 1.50 bits per heavy atom. The molecule has 5 nitrogen and oxygen atoms in total. The van der Waals surface area contributed by atoms with Gasteiger partial charge in [-0.25, -0.2) is 4.79 Å². The first-order chi connectivity index (χ1) is 9.81. The Balaban J connectivity index is 0.00000441. The van der Waals surface area contributed by atoms with Gasteiger partial charge in [0.15, 0.2) is 0 Å². The maximum Gasteiger partial charge on any atom is 0.410 e. The molecule has 0 radical (unpaired) electrons. The molecule has 0 N–H and O–H groups in total. The molecule has 0 aliphatic carbocycles. The van der Waals surface area contributed by atoms with E-state index in [1.54, 1.807) is 0 Å². The van der Waals surface area contributed by atoms with Gasteiger partial charge in [0.05, 0.1) is 6.10 Å². The van der Waals surface area contributed by atoms with Crippen molar-refractivity contribution in [3.63, 3.8) is 0 Å². The quantitative estimate of drug-likeness (QED) is 0.747. The van der Waals surface area contributed by atoms with Gasteiger partial charge in [-0.3, -0.25) is 9.80 Å². The topological polar surface area (TPSA) is 36.0 Å². The van der Waals surface area contributed by atoms with Crippen LogP contribution in [0.4, 0.5) is 4.79 Å². The molecular weight excluding hydrogens is 302 g/mol. The third-order valence-electron chi connectivity index (χ3n) is 3.97. The van der Waals surface area contributed by atoms with Crippen LogP contribution in [0.2, 0.25) is 0 Å². The standard InChI is InChI=1S/C16H33N3O2.ClH/c1-13(2)19(14(3)4)12-9-17-7-10-18(11-8-17)16(20)21-15(5)6;/h13-15H,7-12H2,1-6H3;1H. The lowest BCUT2D eigenvalue weighted by atomic mass is 10.2. The normalized spacial score (nSPS) is 16.5. The van der Waals surface area contributed by atoms with Crippen molar-refractivity contribution in [1.29, 1.82) is 0 Å². The zero-order chi connectivity index (χ0) is 16.0. The van der Waals surface area contributed by atoms with Crippen LogP contribution < -0.4 is 0 Å². The van der Waals surface area contributed by atoms with Crippen LogP contribution in [-0.4, -0.2) is 78.2 Å². The summed E-state index contributed by atoms with van der Waals surface area (Å²) < 4.78 is 5.25. The van der Waals surface area contributed by atoms with Crippen LogP contribution in [0.25, 0.3) is 0 Å². The van der Waals surface area contributed by atoms with Crippen molar-refractivity contribution in [2.24, 2.45) is 0 Å². The molecule has 0 aromatic heterocycles. The summed E-state index contributed by atoms with van der Waals surface area (Å²) in [5.74, 6) is 0. The maximum atomic E-state index is 11.8. The van der Waals surface area contributed by atoms with E-state index in [0.29, 0.717) is 12.1 Å². The average Bonchev–Trinajstić information content (AvgIpc) is 2.38. The third kappa shape index (κ3) is 7.16. The van der Waals surface area contributed by atoms with Gasteiger partial charge in [0.25, 0.3) is 0 Å². The predicted molar refractivity (Wildman–Crippen MR) is 93.9 cm³/mol. The van der Waals surface area contributed by atoms with Crippen molar-refractivity contribution < 1.29 is 9.53 Å². The van der Waals surface area contributed by atoms with Gasteiger partial charge in [-0.05, 0) is 41.5 Å². The molecular formula is C16H34ClN3O2. The summed E-state index contributed by atoms with van der Waals surface area (Å²) >= 11 is 0. The minimum atomic E-state index is -0.171. The van der Waals surface area contributed by atoms with E-state index < -0.39 is 0 Å². The van der Waals surface area contributed by atoms with Gasteiger partial charge in [0.2, 0.25) is 0 Å². The Kier molecular flexibility index (Phi) is 10.0. The van der Waals surface area contributed by atoms with E-state index in [0.717, 1.165) is 39.3 Å². The highest BCUT2D eigenvalue weighted by atomic mass is 35.5. The second-order valence-corrected chi connectivity index (χ2v) is 6.69. The van der Waals surface area contributed by atoms with Gasteiger partial charge < -0.3 is 9.64 Å². The van der Waals surface area contributed by atoms with Crippen LogP contribution in [0.3, 0.4) is 0 Å². The summed E-state index contributed by atoms with van der Waals surface area (Å²) in [6.07, 6.45) is -0.211. The molecule has 0 atom stereocenters. The van der Waals surface area contributed by atoms with E-state index >= 15 is 0 Å². The number of hydrogen-bond acceptors (Lipinski definition) is 4. The molecule has 0 spiro atoms. The number of rotatable bonds is 6. The zero-order valence-corrected chi connectivity index (χ0v) is 15.9. The first kappa shape index (κ1) is 21.5. The minimum Gasteiger partial charge on any atom is -0.447 e. The van der Waals surface area contributed by atoms with Crippen LogP contribution in [0.1, 0.15) is 41.5 Å². The average molecular weight is 336 g/mol. The number of amides is 1. The van der Waals surface area contributed by atoms with E-state index in [2.05, 4.69) is 37.5 Å². The molecule has 132 valence electrons. The Bertz CT molecular complexity index is 309. The molecule has 6 heteroatoms. The number of ether oxygens (including phenoxy) is 1. The van der Waals surface area contributed by atoms with E-state index in [1.807, 2.05) is 18.7 Å². The van der Waals surface area contributed by atoms with Gasteiger partial charge in [0.1, 0.15) is 0 Å². The Labute approximate surface area is 142 Å². The highest BCUT2D eigenvalue weighted by Crippen LogP contribution is 2.08. The molecule has 1 fully saturated rings. The summed E-state index contributed by atoms with van der Waals surface area (Å²) in [4.78, 5) is 18.6. The van der Waals surface area contributed by atoms with Crippen LogP contribution >= 0.6 is 12.4 Å². The SMILES string of the molecule is CC(C)OC(=O)N1CCN(CCN(C(C)C)C(C)C)CC1.Cl. The van der Waals surface area contributed by atoms with Crippen LogP contribution in [-0.2, 0) is 4.74 Å². The smallest absolute Gasteiger partial charge is 0.410 e. The van der Waals surface area contributed by atoms with Crippen molar-refractivity contribution in [3.8, 4) is 0 Å². The lowest BCUT2D eigenvalue weighted by Gasteiger charge is -2.37. The van der Waals surface area contributed by atoms with Crippen molar-refractivity contribution in [2.45, 2.75) is 59.7 Å². The fourth-order valence-electron chi connectivity index (χ4n) is 2.80. The Hall–Kier alpha value is -0.520. The molecule has 0 saturated carbocycles. The van der Waals surface area contributed by atoms with Crippen LogP contribution in [0.5, 0.6) is 0 Å². The zero-order valence-electron chi connectivity index (χ0n) is 15.0. The molecule has 1 heterocycles. The molecule has 1 saturated heterocycles. The Morgan fingerprint density at radius 1 is 1.00 bits per heavy atom. The fourth-order valence-corrected chi connectivity index (χ4v) is 2.80. The molecule has 1 amide bonds. The van der Waals surface area contributed by atoms with E-state index in [9.17, 15) is 4.79 Å². The first-order valence-corrected chi connectivity index (χ1v) is 8.25.